The lowest BCUT2D eigenvalue weighted by Gasteiger charge is -2.23. The van der Waals surface area contributed by atoms with Gasteiger partial charge in [0.05, 0.1) is 18.6 Å². The Morgan fingerprint density at radius 1 is 0.886 bits per heavy atom. The molecule has 0 N–H and O–H groups in total. The molecule has 35 heavy (non-hydrogen) atoms. The summed E-state index contributed by atoms with van der Waals surface area (Å²) in [4.78, 5) is 27.0. The Hall–Kier alpha value is -3.67. The summed E-state index contributed by atoms with van der Waals surface area (Å²) < 4.78 is 44.1. The molecular weight excluding hydrogens is 453 g/mol. The Bertz CT molecular complexity index is 1130. The molecule has 0 fully saturated rings. The van der Waals surface area contributed by atoms with Crippen LogP contribution in [-0.2, 0) is 12.6 Å². The van der Waals surface area contributed by atoms with Crippen LogP contribution in [0.2, 0.25) is 0 Å². The summed E-state index contributed by atoms with van der Waals surface area (Å²) in [5.41, 5.74) is 0.670. The van der Waals surface area contributed by atoms with Gasteiger partial charge in [-0.25, -0.2) is 0 Å². The maximum atomic E-state index is 13.5. The number of carbonyl (C=O) groups is 2. The topological polar surface area (TPSA) is 43.4 Å². The van der Waals surface area contributed by atoms with Crippen LogP contribution in [0.1, 0.15) is 44.7 Å². The van der Waals surface area contributed by atoms with Gasteiger partial charge in [0.15, 0.2) is 11.6 Å². The summed E-state index contributed by atoms with van der Waals surface area (Å²) in [5, 5.41) is 0. The number of Topliss-reactive ketones (excluding diaryl/α,β-unsaturated/α-hetero) is 2. The van der Waals surface area contributed by atoms with Gasteiger partial charge in [0.1, 0.15) is 5.75 Å². The molecule has 3 aromatic carbocycles. The van der Waals surface area contributed by atoms with Crippen molar-refractivity contribution in [3.8, 4) is 5.75 Å². The molecule has 3 rings (SSSR count). The molecular formula is C29H27F3O3. The number of alkyl halides is 3. The highest BCUT2D eigenvalue weighted by Crippen LogP contribution is 2.32. The Morgan fingerprint density at radius 2 is 1.43 bits per heavy atom. The van der Waals surface area contributed by atoms with Crippen LogP contribution in [0.25, 0.3) is 0 Å². The lowest BCUT2D eigenvalue weighted by atomic mass is 9.78. The Balaban J connectivity index is 1.89. The quantitative estimate of drug-likeness (QED) is 0.165. The van der Waals surface area contributed by atoms with E-state index in [1.807, 2.05) is 30.3 Å². The number of methoxy groups -OCH3 is 1. The van der Waals surface area contributed by atoms with Crippen molar-refractivity contribution in [2.45, 2.75) is 25.4 Å². The summed E-state index contributed by atoms with van der Waals surface area (Å²) in [6.07, 6.45) is -0.909. The monoisotopic (exact) mass is 480 g/mol. The highest BCUT2D eigenvalue weighted by atomic mass is 19.4. The van der Waals surface area contributed by atoms with Gasteiger partial charge in [-0.05, 0) is 67.1 Å². The first-order valence-corrected chi connectivity index (χ1v) is 11.3. The second-order valence-corrected chi connectivity index (χ2v) is 8.29. The number of carbonyl (C=O) groups excluding carboxylic acids is 2. The first-order valence-electron chi connectivity index (χ1n) is 11.3. The predicted octanol–water partition coefficient (Wildman–Crippen LogP) is 7.22. The van der Waals surface area contributed by atoms with Crippen molar-refractivity contribution in [2.24, 2.45) is 11.8 Å². The van der Waals surface area contributed by atoms with Gasteiger partial charge >= 0.3 is 6.18 Å². The summed E-state index contributed by atoms with van der Waals surface area (Å²) in [6.45, 7) is 3.86. The molecule has 2 atom stereocenters. The molecule has 0 spiro atoms. The van der Waals surface area contributed by atoms with E-state index >= 15 is 0 Å². The van der Waals surface area contributed by atoms with Crippen LogP contribution in [0.4, 0.5) is 13.2 Å². The minimum absolute atomic E-state index is 0.0553. The first-order chi connectivity index (χ1) is 16.7. The summed E-state index contributed by atoms with van der Waals surface area (Å²) >= 11 is 0. The molecule has 0 aromatic heterocycles. The summed E-state index contributed by atoms with van der Waals surface area (Å²) in [7, 11) is 1.51. The van der Waals surface area contributed by atoms with Crippen molar-refractivity contribution >= 4 is 11.6 Å². The van der Waals surface area contributed by atoms with Crippen molar-refractivity contribution < 1.29 is 27.5 Å². The van der Waals surface area contributed by atoms with Crippen molar-refractivity contribution in [1.29, 1.82) is 0 Å². The molecule has 0 aliphatic heterocycles. The molecule has 0 aliphatic rings. The van der Waals surface area contributed by atoms with E-state index in [9.17, 15) is 22.8 Å². The number of allylic oxidation sites excluding steroid dienone is 1. The maximum absolute atomic E-state index is 13.5. The number of hydrogen-bond acceptors (Lipinski definition) is 3. The van der Waals surface area contributed by atoms with E-state index in [0.717, 1.165) is 36.2 Å². The van der Waals surface area contributed by atoms with Gasteiger partial charge in [-0.1, -0.05) is 48.5 Å². The number of rotatable bonds is 11. The lowest BCUT2D eigenvalue weighted by molar-refractivity contribution is -0.137. The number of aryl methyl sites for hydroxylation is 1. The van der Waals surface area contributed by atoms with Crippen molar-refractivity contribution in [3.63, 3.8) is 0 Å². The van der Waals surface area contributed by atoms with Gasteiger partial charge < -0.3 is 4.74 Å². The maximum Gasteiger partial charge on any atom is 0.416 e. The molecule has 0 bridgehead atoms. The predicted molar refractivity (Wildman–Crippen MR) is 130 cm³/mol. The fraction of sp³-hybridized carbons (Fsp3) is 0.241. The molecule has 0 saturated heterocycles. The van der Waals surface area contributed by atoms with Crippen LogP contribution >= 0.6 is 0 Å². The second-order valence-electron chi connectivity index (χ2n) is 8.29. The summed E-state index contributed by atoms with van der Waals surface area (Å²) in [6, 6.07) is 20.3. The second kappa shape index (κ2) is 11.6. The third-order valence-corrected chi connectivity index (χ3v) is 6.01. The lowest BCUT2D eigenvalue weighted by Crippen LogP contribution is -2.31. The van der Waals surface area contributed by atoms with Crippen molar-refractivity contribution in [1.82, 2.24) is 0 Å². The van der Waals surface area contributed by atoms with Gasteiger partial charge in [-0.3, -0.25) is 9.59 Å². The molecule has 0 aliphatic carbocycles. The minimum Gasteiger partial charge on any atom is -0.497 e. The van der Waals surface area contributed by atoms with E-state index < -0.39 is 35.1 Å². The largest absolute Gasteiger partial charge is 0.497 e. The zero-order chi connectivity index (χ0) is 25.4. The third kappa shape index (κ3) is 6.69. The average molecular weight is 481 g/mol. The van der Waals surface area contributed by atoms with Gasteiger partial charge in [0.2, 0.25) is 0 Å². The van der Waals surface area contributed by atoms with Gasteiger partial charge in [0, 0.05) is 11.1 Å². The van der Waals surface area contributed by atoms with Crippen molar-refractivity contribution in [2.75, 3.05) is 7.11 Å². The van der Waals surface area contributed by atoms with E-state index in [1.165, 1.54) is 7.11 Å². The van der Waals surface area contributed by atoms with Crippen LogP contribution in [0.15, 0.2) is 91.5 Å². The Morgan fingerprint density at radius 3 is 1.91 bits per heavy atom. The number of ketones is 2. The molecule has 0 radical (unpaired) electrons. The van der Waals surface area contributed by atoms with Crippen LogP contribution in [0, 0.1) is 11.8 Å². The number of hydrogen-bond donors (Lipinski definition) is 0. The molecule has 3 nitrogen and oxygen atoms in total. The Labute approximate surface area is 203 Å². The normalized spacial score (nSPS) is 13.0. The number of halogens is 3. The zero-order valence-electron chi connectivity index (χ0n) is 19.4. The molecule has 1 unspecified atom stereocenters. The summed E-state index contributed by atoms with van der Waals surface area (Å²) in [5.74, 6) is -1.95. The van der Waals surface area contributed by atoms with E-state index in [2.05, 4.69) is 6.58 Å². The van der Waals surface area contributed by atoms with Crippen LogP contribution < -0.4 is 4.74 Å². The standard InChI is InChI=1S/C29H27F3O3/c1-3-21(11-7-10-20-8-5-4-6-9-20)26(28(34)23-14-18-25(35-2)19-15-23)27(33)22-12-16-24(17-13-22)29(30,31)32/h3-6,8-9,12-19,21,26H,1,7,10-11H2,2H3/t21-,26?/m1/s1. The van der Waals surface area contributed by atoms with Gasteiger partial charge in [-0.2, -0.15) is 13.2 Å². The van der Waals surface area contributed by atoms with E-state index in [4.69, 9.17) is 4.74 Å². The van der Waals surface area contributed by atoms with E-state index in [1.54, 1.807) is 30.3 Å². The van der Waals surface area contributed by atoms with E-state index in [0.29, 0.717) is 24.2 Å². The van der Waals surface area contributed by atoms with Gasteiger partial charge in [-0.15, -0.1) is 6.58 Å². The fourth-order valence-electron chi connectivity index (χ4n) is 4.05. The third-order valence-electron chi connectivity index (χ3n) is 6.01. The number of ether oxygens (including phenoxy) is 1. The highest BCUT2D eigenvalue weighted by Gasteiger charge is 2.35. The number of benzene rings is 3. The SMILES string of the molecule is C=C[C@H](CCCc1ccccc1)C(C(=O)c1ccc(OC)cc1)C(=O)c1ccc(C(F)(F)F)cc1. The minimum atomic E-state index is -4.51. The van der Waals surface area contributed by atoms with E-state index in [-0.39, 0.29) is 5.56 Å². The zero-order valence-corrected chi connectivity index (χ0v) is 19.4. The van der Waals surface area contributed by atoms with Gasteiger partial charge in [0.25, 0.3) is 0 Å². The molecule has 0 heterocycles. The molecule has 182 valence electrons. The molecule has 0 saturated carbocycles. The van der Waals surface area contributed by atoms with Crippen LogP contribution in [0.5, 0.6) is 5.75 Å². The molecule has 0 amide bonds. The highest BCUT2D eigenvalue weighted by molar-refractivity contribution is 6.16. The smallest absolute Gasteiger partial charge is 0.416 e. The average Bonchev–Trinajstić information content (AvgIpc) is 2.88. The first kappa shape index (κ1) is 25.9. The molecule has 6 heteroatoms. The van der Waals surface area contributed by atoms with Crippen LogP contribution in [0.3, 0.4) is 0 Å². The fourth-order valence-corrected chi connectivity index (χ4v) is 4.05. The van der Waals surface area contributed by atoms with Crippen molar-refractivity contribution in [3.05, 3.63) is 114 Å². The Kier molecular flexibility index (Phi) is 8.63. The van der Waals surface area contributed by atoms with Crippen LogP contribution in [-0.4, -0.2) is 18.7 Å². The molecule has 3 aromatic rings.